The molecule has 114 valence electrons. The Bertz CT molecular complexity index is 377. The van der Waals surface area contributed by atoms with Crippen molar-refractivity contribution in [1.82, 2.24) is 0 Å². The highest BCUT2D eigenvalue weighted by atomic mass is 32.1. The van der Waals surface area contributed by atoms with Gasteiger partial charge in [-0.1, -0.05) is 59.8 Å². The lowest BCUT2D eigenvalue weighted by atomic mass is 9.50. The SMILES string of the molecule is CC1CCCC(C)(C(N=C=S)C2CCCCC2)C1(C)C. The molecule has 2 aliphatic carbocycles. The first kappa shape index (κ1) is 16.2. The van der Waals surface area contributed by atoms with E-state index in [9.17, 15) is 0 Å². The van der Waals surface area contributed by atoms with E-state index in [1.165, 1.54) is 51.4 Å². The van der Waals surface area contributed by atoms with Crippen molar-refractivity contribution in [3.8, 4) is 0 Å². The van der Waals surface area contributed by atoms with Gasteiger partial charge in [0.1, 0.15) is 0 Å². The second-order valence-electron chi connectivity index (χ2n) is 8.00. The van der Waals surface area contributed by atoms with Crippen LogP contribution in [0.4, 0.5) is 0 Å². The molecular weight excluding hydrogens is 262 g/mol. The molecule has 3 atom stereocenters. The van der Waals surface area contributed by atoms with E-state index >= 15 is 0 Å². The highest BCUT2D eigenvalue weighted by Gasteiger charge is 2.53. The standard InChI is InChI=1S/C18H31NS/c1-14-9-8-12-18(4,17(14,2)3)16(19-13-20)15-10-6-5-7-11-15/h14-16H,5-12H2,1-4H3. The number of aliphatic imine (C=N–C) groups is 1. The zero-order valence-electron chi connectivity index (χ0n) is 13.7. The molecule has 1 nitrogen and oxygen atoms in total. The summed E-state index contributed by atoms with van der Waals surface area (Å²) in [6.45, 7) is 9.84. The third-order valence-electron chi connectivity index (χ3n) is 6.98. The van der Waals surface area contributed by atoms with Gasteiger partial charge >= 0.3 is 0 Å². The lowest BCUT2D eigenvalue weighted by Crippen LogP contribution is -2.52. The van der Waals surface area contributed by atoms with Gasteiger partial charge in [-0.25, -0.2) is 4.99 Å². The zero-order valence-corrected chi connectivity index (χ0v) is 14.6. The van der Waals surface area contributed by atoms with Crippen molar-refractivity contribution in [2.75, 3.05) is 0 Å². The van der Waals surface area contributed by atoms with Gasteiger partial charge in [-0.05, 0) is 54.1 Å². The first-order chi connectivity index (χ1) is 9.43. The minimum Gasteiger partial charge on any atom is -0.228 e. The Morgan fingerprint density at radius 3 is 2.30 bits per heavy atom. The van der Waals surface area contributed by atoms with Gasteiger partial charge in [-0.3, -0.25) is 0 Å². The van der Waals surface area contributed by atoms with E-state index in [0.717, 1.165) is 11.8 Å². The molecule has 0 N–H and O–H groups in total. The summed E-state index contributed by atoms with van der Waals surface area (Å²) in [5.74, 6) is 1.50. The predicted molar refractivity (Wildman–Crippen MR) is 90.3 cm³/mol. The van der Waals surface area contributed by atoms with Gasteiger partial charge in [0.2, 0.25) is 0 Å². The van der Waals surface area contributed by atoms with Gasteiger partial charge < -0.3 is 0 Å². The second kappa shape index (κ2) is 6.28. The van der Waals surface area contributed by atoms with Crippen molar-refractivity contribution < 1.29 is 0 Å². The topological polar surface area (TPSA) is 12.4 Å². The van der Waals surface area contributed by atoms with Crippen LogP contribution >= 0.6 is 12.2 Å². The van der Waals surface area contributed by atoms with E-state index < -0.39 is 0 Å². The Kier molecular flexibility index (Phi) is 5.08. The first-order valence-corrected chi connectivity index (χ1v) is 8.91. The molecule has 0 saturated heterocycles. The maximum Gasteiger partial charge on any atom is 0.0689 e. The smallest absolute Gasteiger partial charge is 0.0689 e. The van der Waals surface area contributed by atoms with Gasteiger partial charge in [-0.2, -0.15) is 0 Å². The van der Waals surface area contributed by atoms with Gasteiger partial charge in [0.05, 0.1) is 11.2 Å². The van der Waals surface area contributed by atoms with Crippen molar-refractivity contribution in [1.29, 1.82) is 0 Å². The van der Waals surface area contributed by atoms with Crippen LogP contribution in [-0.2, 0) is 0 Å². The largest absolute Gasteiger partial charge is 0.228 e. The van der Waals surface area contributed by atoms with Crippen LogP contribution in [0.3, 0.4) is 0 Å². The number of hydrogen-bond donors (Lipinski definition) is 0. The quantitative estimate of drug-likeness (QED) is 0.467. The molecule has 0 amide bonds. The molecule has 0 aromatic carbocycles. The van der Waals surface area contributed by atoms with Gasteiger partial charge in [0.15, 0.2) is 0 Å². The summed E-state index contributed by atoms with van der Waals surface area (Å²) in [6, 6.07) is 0.387. The Morgan fingerprint density at radius 1 is 1.05 bits per heavy atom. The molecule has 0 heterocycles. The number of nitrogens with zero attached hydrogens (tertiary/aromatic N) is 1. The van der Waals surface area contributed by atoms with Crippen LogP contribution in [0, 0.1) is 22.7 Å². The third kappa shape index (κ3) is 2.74. The summed E-state index contributed by atoms with van der Waals surface area (Å²) in [6.07, 6.45) is 10.8. The molecule has 0 bridgehead atoms. The van der Waals surface area contributed by atoms with Crippen LogP contribution in [0.5, 0.6) is 0 Å². The molecule has 0 aromatic rings. The van der Waals surface area contributed by atoms with Crippen LogP contribution < -0.4 is 0 Å². The van der Waals surface area contributed by atoms with Crippen LogP contribution in [0.15, 0.2) is 4.99 Å². The Morgan fingerprint density at radius 2 is 1.70 bits per heavy atom. The summed E-state index contributed by atoms with van der Waals surface area (Å²) in [7, 11) is 0. The van der Waals surface area contributed by atoms with Gasteiger partial charge in [-0.15, -0.1) is 0 Å². The van der Waals surface area contributed by atoms with Crippen LogP contribution in [0.2, 0.25) is 0 Å². The fourth-order valence-corrected chi connectivity index (χ4v) is 4.94. The highest BCUT2D eigenvalue weighted by molar-refractivity contribution is 7.78. The van der Waals surface area contributed by atoms with Crippen molar-refractivity contribution >= 4 is 17.4 Å². The van der Waals surface area contributed by atoms with Crippen molar-refractivity contribution in [3.63, 3.8) is 0 Å². The minimum absolute atomic E-state index is 0.276. The van der Waals surface area contributed by atoms with E-state index in [-0.39, 0.29) is 5.41 Å². The number of isothiocyanates is 1. The van der Waals surface area contributed by atoms with E-state index in [1.54, 1.807) is 0 Å². The molecule has 20 heavy (non-hydrogen) atoms. The van der Waals surface area contributed by atoms with E-state index in [4.69, 9.17) is 17.2 Å². The monoisotopic (exact) mass is 293 g/mol. The molecule has 2 aliphatic rings. The number of rotatable bonds is 3. The number of thiocarbonyl (C=S) groups is 1. The average molecular weight is 294 g/mol. The second-order valence-corrected chi connectivity index (χ2v) is 8.18. The Hall–Kier alpha value is -0.200. The predicted octanol–water partition coefficient (Wildman–Crippen LogP) is 5.89. The molecular formula is C18H31NS. The molecule has 2 rings (SSSR count). The van der Waals surface area contributed by atoms with E-state index in [1.807, 2.05) is 0 Å². The van der Waals surface area contributed by atoms with Gasteiger partial charge in [0, 0.05) is 0 Å². The van der Waals surface area contributed by atoms with Crippen molar-refractivity contribution in [2.45, 2.75) is 85.1 Å². The van der Waals surface area contributed by atoms with Crippen LogP contribution in [-0.4, -0.2) is 11.2 Å². The normalized spacial score (nSPS) is 36.1. The fraction of sp³-hybridized carbons (Fsp3) is 0.944. The summed E-state index contributed by atoms with van der Waals surface area (Å²) in [5.41, 5.74) is 0.613. The highest BCUT2D eigenvalue weighted by Crippen LogP contribution is 2.58. The average Bonchev–Trinajstić information content (AvgIpc) is 2.43. The van der Waals surface area contributed by atoms with E-state index in [2.05, 4.69) is 32.9 Å². The van der Waals surface area contributed by atoms with Gasteiger partial charge in [0.25, 0.3) is 0 Å². The molecule has 2 saturated carbocycles. The maximum atomic E-state index is 5.00. The summed E-state index contributed by atoms with van der Waals surface area (Å²) in [5, 5.41) is 2.75. The molecule has 2 fully saturated rings. The fourth-order valence-electron chi connectivity index (χ4n) is 4.83. The van der Waals surface area contributed by atoms with E-state index in [0.29, 0.717) is 11.5 Å². The zero-order chi connectivity index (χ0) is 14.8. The summed E-state index contributed by atoms with van der Waals surface area (Å²) in [4.78, 5) is 4.74. The Balaban J connectivity index is 2.32. The minimum atomic E-state index is 0.276. The van der Waals surface area contributed by atoms with Crippen LogP contribution in [0.25, 0.3) is 0 Å². The van der Waals surface area contributed by atoms with Crippen molar-refractivity contribution in [3.05, 3.63) is 0 Å². The summed E-state index contributed by atoms with van der Waals surface area (Å²) < 4.78 is 0. The molecule has 0 aliphatic heterocycles. The molecule has 3 unspecified atom stereocenters. The Labute approximate surface area is 130 Å². The first-order valence-electron chi connectivity index (χ1n) is 8.50. The molecule has 0 radical (unpaired) electrons. The molecule has 0 spiro atoms. The lowest BCUT2D eigenvalue weighted by Gasteiger charge is -2.56. The molecule has 2 heteroatoms. The molecule has 0 aromatic heterocycles. The third-order valence-corrected chi connectivity index (χ3v) is 7.08. The number of hydrogen-bond acceptors (Lipinski definition) is 2. The lowest BCUT2D eigenvalue weighted by molar-refractivity contribution is -0.0519. The van der Waals surface area contributed by atoms with Crippen molar-refractivity contribution in [2.24, 2.45) is 27.7 Å². The van der Waals surface area contributed by atoms with Crippen LogP contribution in [0.1, 0.15) is 79.1 Å². The summed E-state index contributed by atoms with van der Waals surface area (Å²) >= 11 is 5.00. The maximum absolute atomic E-state index is 5.00.